The number of benzene rings is 2. The number of pyridine rings is 1. The van der Waals surface area contributed by atoms with Gasteiger partial charge in [0.25, 0.3) is 0 Å². The van der Waals surface area contributed by atoms with Crippen LogP contribution in [0.4, 0.5) is 0 Å². The zero-order valence-electron chi connectivity index (χ0n) is 16.9. The van der Waals surface area contributed by atoms with Crippen molar-refractivity contribution in [3.8, 4) is 22.5 Å². The number of aromatic nitrogens is 4. The summed E-state index contributed by atoms with van der Waals surface area (Å²) >= 11 is 6.29. The van der Waals surface area contributed by atoms with Crippen LogP contribution in [0.1, 0.15) is 5.69 Å². The summed E-state index contributed by atoms with van der Waals surface area (Å²) in [6.45, 7) is 0. The van der Waals surface area contributed by atoms with Crippen molar-refractivity contribution in [1.29, 1.82) is 0 Å². The van der Waals surface area contributed by atoms with E-state index in [4.69, 9.17) is 16.1 Å². The van der Waals surface area contributed by atoms with Crippen LogP contribution in [0.3, 0.4) is 0 Å². The number of nitrogens with zero attached hydrogens (tertiary/aromatic N) is 4. The summed E-state index contributed by atoms with van der Waals surface area (Å²) < 4.78 is 32.2. The van der Waals surface area contributed by atoms with Gasteiger partial charge in [0.15, 0.2) is 9.84 Å². The van der Waals surface area contributed by atoms with Crippen molar-refractivity contribution in [2.45, 2.75) is 10.6 Å². The normalized spacial score (nSPS) is 11.8. The minimum atomic E-state index is -3.58. The minimum absolute atomic E-state index is 0.216. The lowest BCUT2D eigenvalue weighted by atomic mass is 9.97. The summed E-state index contributed by atoms with van der Waals surface area (Å²) in [5.41, 5.74) is 3.76. The Bertz CT molecular complexity index is 1540. The highest BCUT2D eigenvalue weighted by Crippen LogP contribution is 2.37. The number of aryl methyl sites for hydroxylation is 1. The van der Waals surface area contributed by atoms with E-state index >= 15 is 0 Å². The van der Waals surface area contributed by atoms with Crippen LogP contribution < -0.4 is 0 Å². The lowest BCUT2D eigenvalue weighted by molar-refractivity contribution is 0.413. The third-order valence-corrected chi connectivity index (χ3v) is 7.14. The zero-order valence-corrected chi connectivity index (χ0v) is 18.5. The van der Waals surface area contributed by atoms with E-state index in [0.29, 0.717) is 10.7 Å². The fourth-order valence-corrected chi connectivity index (χ4v) is 5.19. The Hall–Kier alpha value is -3.49. The topological polar surface area (TPSA) is 90.9 Å². The number of rotatable bonds is 5. The number of halogens is 1. The predicted molar refractivity (Wildman–Crippen MR) is 122 cm³/mol. The number of sulfone groups is 1. The van der Waals surface area contributed by atoms with Gasteiger partial charge in [-0.05, 0) is 41.8 Å². The standard InChI is InChI=1S/C23H17ClN4O3S/c1-28-22(7-10-26-28)21-13-16(24)2-4-20(21)23-19-5-3-18(12-15(19)6-9-25-23)32(29,30)14-17-8-11-31-27-17/h2-13H,14H2,1H3. The van der Waals surface area contributed by atoms with E-state index in [1.807, 2.05) is 31.3 Å². The molecule has 0 N–H and O–H groups in total. The molecule has 0 fully saturated rings. The highest BCUT2D eigenvalue weighted by molar-refractivity contribution is 7.90. The quantitative estimate of drug-likeness (QED) is 0.366. The van der Waals surface area contributed by atoms with Crippen LogP contribution in [0.2, 0.25) is 5.02 Å². The van der Waals surface area contributed by atoms with Gasteiger partial charge in [-0.15, -0.1) is 0 Å². The maximum atomic E-state index is 12.9. The van der Waals surface area contributed by atoms with Crippen molar-refractivity contribution in [3.63, 3.8) is 0 Å². The number of hydrogen-bond donors (Lipinski definition) is 0. The summed E-state index contributed by atoms with van der Waals surface area (Å²) in [6.07, 6.45) is 4.75. The van der Waals surface area contributed by atoms with Gasteiger partial charge in [0.1, 0.15) is 12.0 Å². The average Bonchev–Trinajstić information content (AvgIpc) is 3.44. The van der Waals surface area contributed by atoms with Crippen LogP contribution in [0, 0.1) is 0 Å². The highest BCUT2D eigenvalue weighted by Gasteiger charge is 2.19. The Morgan fingerprint density at radius 1 is 1.00 bits per heavy atom. The first-order chi connectivity index (χ1) is 15.4. The smallest absolute Gasteiger partial charge is 0.184 e. The van der Waals surface area contributed by atoms with Crippen molar-refractivity contribution in [1.82, 2.24) is 19.9 Å². The molecule has 0 unspecified atom stereocenters. The Morgan fingerprint density at radius 2 is 1.88 bits per heavy atom. The molecule has 0 saturated carbocycles. The number of fused-ring (bicyclic) bond motifs is 1. The summed E-state index contributed by atoms with van der Waals surface area (Å²) in [5.74, 6) is -0.227. The van der Waals surface area contributed by atoms with Crippen LogP contribution in [0.15, 0.2) is 82.7 Å². The molecule has 0 aliphatic heterocycles. The van der Waals surface area contributed by atoms with E-state index < -0.39 is 9.84 Å². The van der Waals surface area contributed by atoms with Gasteiger partial charge in [-0.3, -0.25) is 9.67 Å². The van der Waals surface area contributed by atoms with Gasteiger partial charge < -0.3 is 4.52 Å². The molecule has 7 nitrogen and oxygen atoms in total. The summed E-state index contributed by atoms with van der Waals surface area (Å²) in [4.78, 5) is 4.83. The second-order valence-corrected chi connectivity index (χ2v) is 9.75. The molecule has 32 heavy (non-hydrogen) atoms. The van der Waals surface area contributed by atoms with Gasteiger partial charge in [0.05, 0.1) is 22.0 Å². The van der Waals surface area contributed by atoms with Crippen LogP contribution in [0.5, 0.6) is 0 Å². The lowest BCUT2D eigenvalue weighted by Gasteiger charge is -2.13. The maximum Gasteiger partial charge on any atom is 0.184 e. The zero-order chi connectivity index (χ0) is 22.3. The number of hydrogen-bond acceptors (Lipinski definition) is 6. The van der Waals surface area contributed by atoms with Crippen molar-refractivity contribution in [2.24, 2.45) is 7.05 Å². The second-order valence-electron chi connectivity index (χ2n) is 7.32. The first-order valence-electron chi connectivity index (χ1n) is 9.71. The Morgan fingerprint density at radius 3 is 2.62 bits per heavy atom. The molecule has 5 aromatic rings. The fourth-order valence-electron chi connectivity index (χ4n) is 3.73. The Kier molecular flexibility index (Phi) is 5.03. The van der Waals surface area contributed by atoms with E-state index in [1.54, 1.807) is 47.4 Å². The molecule has 160 valence electrons. The van der Waals surface area contributed by atoms with E-state index in [9.17, 15) is 8.42 Å². The molecule has 0 atom stereocenters. The molecule has 0 spiro atoms. The molecule has 0 aliphatic carbocycles. The molecule has 2 aromatic carbocycles. The third kappa shape index (κ3) is 3.68. The van der Waals surface area contributed by atoms with Gasteiger partial charge >= 0.3 is 0 Å². The molecule has 0 aliphatic rings. The summed E-state index contributed by atoms with van der Waals surface area (Å²) in [6, 6.07) is 15.9. The summed E-state index contributed by atoms with van der Waals surface area (Å²) in [5, 5.41) is 10.2. The van der Waals surface area contributed by atoms with Crippen molar-refractivity contribution < 1.29 is 12.9 Å². The summed E-state index contributed by atoms with van der Waals surface area (Å²) in [7, 11) is -1.72. The van der Waals surface area contributed by atoms with E-state index in [-0.39, 0.29) is 10.6 Å². The van der Waals surface area contributed by atoms with Crippen LogP contribution in [0.25, 0.3) is 33.3 Å². The van der Waals surface area contributed by atoms with Crippen molar-refractivity contribution in [2.75, 3.05) is 0 Å². The largest absolute Gasteiger partial charge is 0.364 e. The van der Waals surface area contributed by atoms with Gasteiger partial charge in [0, 0.05) is 47.0 Å². The van der Waals surface area contributed by atoms with Gasteiger partial charge in [-0.1, -0.05) is 28.9 Å². The molecule has 0 bridgehead atoms. The van der Waals surface area contributed by atoms with E-state index in [2.05, 4.69) is 15.2 Å². The third-order valence-electron chi connectivity index (χ3n) is 5.26. The second kappa shape index (κ2) is 7.89. The van der Waals surface area contributed by atoms with Gasteiger partial charge in [-0.2, -0.15) is 5.10 Å². The molecule has 0 amide bonds. The SMILES string of the molecule is Cn1nccc1-c1cc(Cl)ccc1-c1nccc2cc(S(=O)(=O)Cc3ccon3)ccc12. The molecule has 0 saturated heterocycles. The van der Waals surface area contributed by atoms with E-state index in [0.717, 1.165) is 33.3 Å². The minimum Gasteiger partial charge on any atom is -0.364 e. The van der Waals surface area contributed by atoms with Gasteiger partial charge in [0.2, 0.25) is 0 Å². The molecular weight excluding hydrogens is 448 g/mol. The van der Waals surface area contributed by atoms with Crippen LogP contribution in [-0.2, 0) is 22.6 Å². The Labute approximate surface area is 189 Å². The van der Waals surface area contributed by atoms with Gasteiger partial charge in [-0.25, -0.2) is 8.42 Å². The molecule has 0 radical (unpaired) electrons. The molecule has 3 heterocycles. The van der Waals surface area contributed by atoms with Crippen molar-refractivity contribution >= 4 is 32.2 Å². The fraction of sp³-hybridized carbons (Fsp3) is 0.0870. The first-order valence-corrected chi connectivity index (χ1v) is 11.7. The molecular formula is C23H17ClN4O3S. The Balaban J connectivity index is 1.64. The average molecular weight is 465 g/mol. The molecule has 9 heteroatoms. The van der Waals surface area contributed by atoms with E-state index in [1.165, 1.54) is 6.26 Å². The van der Waals surface area contributed by atoms with Crippen molar-refractivity contribution in [3.05, 3.63) is 84.0 Å². The van der Waals surface area contributed by atoms with Crippen LogP contribution in [-0.4, -0.2) is 28.3 Å². The monoisotopic (exact) mass is 464 g/mol. The molecule has 3 aromatic heterocycles. The lowest BCUT2D eigenvalue weighted by Crippen LogP contribution is -2.05. The predicted octanol–water partition coefficient (Wildman–Crippen LogP) is 4.92. The molecule has 5 rings (SSSR count). The highest BCUT2D eigenvalue weighted by atomic mass is 35.5. The maximum absolute atomic E-state index is 12.9. The first kappa shape index (κ1) is 20.4. The van der Waals surface area contributed by atoms with Crippen LogP contribution >= 0.6 is 11.6 Å².